The van der Waals surface area contributed by atoms with Crippen molar-refractivity contribution in [3.63, 3.8) is 0 Å². The van der Waals surface area contributed by atoms with Gasteiger partial charge in [0.25, 0.3) is 5.91 Å². The molecule has 2 rings (SSSR count). The molecule has 0 bridgehead atoms. The van der Waals surface area contributed by atoms with Crippen LogP contribution in [0.1, 0.15) is 27.0 Å². The van der Waals surface area contributed by atoms with Crippen LogP contribution in [0.25, 0.3) is 0 Å². The standard InChI is InChI=1S/C16H18N2O/c1-12-8-13(2)10-15(9-12)16(19)18(3)11-14-4-6-17-7-5-14/h4-10H,11H2,1-3H3. The molecule has 0 aliphatic heterocycles. The number of aromatic nitrogens is 1. The van der Waals surface area contributed by atoms with Crippen molar-refractivity contribution in [2.75, 3.05) is 7.05 Å². The van der Waals surface area contributed by atoms with Gasteiger partial charge in [0, 0.05) is 31.5 Å². The molecular formula is C16H18N2O. The molecule has 0 N–H and O–H groups in total. The minimum atomic E-state index is 0.0450. The highest BCUT2D eigenvalue weighted by molar-refractivity contribution is 5.94. The molecule has 2 aromatic rings. The van der Waals surface area contributed by atoms with Crippen molar-refractivity contribution in [2.45, 2.75) is 20.4 Å². The van der Waals surface area contributed by atoms with Crippen LogP contribution in [-0.4, -0.2) is 22.8 Å². The molecule has 0 aliphatic carbocycles. The van der Waals surface area contributed by atoms with Gasteiger partial charge < -0.3 is 4.90 Å². The SMILES string of the molecule is Cc1cc(C)cc(C(=O)N(C)Cc2ccncc2)c1. The normalized spacial score (nSPS) is 10.3. The first kappa shape index (κ1) is 13.3. The second kappa shape index (κ2) is 5.65. The average Bonchev–Trinajstić information content (AvgIpc) is 2.37. The van der Waals surface area contributed by atoms with E-state index in [0.29, 0.717) is 6.54 Å². The average molecular weight is 254 g/mol. The summed E-state index contributed by atoms with van der Waals surface area (Å²) in [6.07, 6.45) is 3.48. The lowest BCUT2D eigenvalue weighted by Gasteiger charge is -2.18. The molecule has 0 saturated carbocycles. The highest BCUT2D eigenvalue weighted by atomic mass is 16.2. The van der Waals surface area contributed by atoms with Crippen LogP contribution in [-0.2, 0) is 6.54 Å². The number of amides is 1. The fourth-order valence-corrected chi connectivity index (χ4v) is 2.15. The number of hydrogen-bond donors (Lipinski definition) is 0. The van der Waals surface area contributed by atoms with Crippen molar-refractivity contribution in [1.82, 2.24) is 9.88 Å². The van der Waals surface area contributed by atoms with E-state index in [1.807, 2.05) is 45.2 Å². The molecule has 1 aromatic heterocycles. The molecule has 3 nitrogen and oxygen atoms in total. The van der Waals surface area contributed by atoms with Gasteiger partial charge in [-0.3, -0.25) is 9.78 Å². The number of aryl methyl sites for hydroxylation is 2. The van der Waals surface area contributed by atoms with Crippen molar-refractivity contribution in [3.05, 3.63) is 65.0 Å². The molecule has 0 fully saturated rings. The second-order valence-corrected chi connectivity index (χ2v) is 4.89. The number of pyridine rings is 1. The van der Waals surface area contributed by atoms with E-state index in [0.717, 1.165) is 22.3 Å². The van der Waals surface area contributed by atoms with E-state index in [4.69, 9.17) is 0 Å². The summed E-state index contributed by atoms with van der Waals surface area (Å²) in [6, 6.07) is 9.77. The molecule has 0 atom stereocenters. The summed E-state index contributed by atoms with van der Waals surface area (Å²) in [5.41, 5.74) is 4.05. The summed E-state index contributed by atoms with van der Waals surface area (Å²) in [5.74, 6) is 0.0450. The fraction of sp³-hybridized carbons (Fsp3) is 0.250. The van der Waals surface area contributed by atoms with Gasteiger partial charge in [-0.15, -0.1) is 0 Å². The van der Waals surface area contributed by atoms with E-state index < -0.39 is 0 Å². The largest absolute Gasteiger partial charge is 0.337 e. The van der Waals surface area contributed by atoms with E-state index in [9.17, 15) is 4.79 Å². The van der Waals surface area contributed by atoms with Crippen molar-refractivity contribution in [2.24, 2.45) is 0 Å². The Morgan fingerprint density at radius 2 is 1.68 bits per heavy atom. The molecule has 1 aromatic carbocycles. The third kappa shape index (κ3) is 3.41. The maximum absolute atomic E-state index is 12.4. The molecule has 0 spiro atoms. The Hall–Kier alpha value is -2.16. The summed E-state index contributed by atoms with van der Waals surface area (Å²) < 4.78 is 0. The van der Waals surface area contributed by atoms with Crippen molar-refractivity contribution >= 4 is 5.91 Å². The smallest absolute Gasteiger partial charge is 0.253 e. The number of benzene rings is 1. The third-order valence-electron chi connectivity index (χ3n) is 2.98. The highest BCUT2D eigenvalue weighted by Gasteiger charge is 2.12. The van der Waals surface area contributed by atoms with Crippen LogP contribution in [0.3, 0.4) is 0 Å². The molecule has 98 valence electrons. The topological polar surface area (TPSA) is 33.2 Å². The molecule has 3 heteroatoms. The monoisotopic (exact) mass is 254 g/mol. The first-order valence-electron chi connectivity index (χ1n) is 6.29. The quantitative estimate of drug-likeness (QED) is 0.843. The zero-order chi connectivity index (χ0) is 13.8. The zero-order valence-electron chi connectivity index (χ0n) is 11.6. The fourth-order valence-electron chi connectivity index (χ4n) is 2.15. The zero-order valence-corrected chi connectivity index (χ0v) is 11.6. The van der Waals surface area contributed by atoms with Crippen LogP contribution in [0.15, 0.2) is 42.7 Å². The van der Waals surface area contributed by atoms with Crippen LogP contribution in [0.5, 0.6) is 0 Å². The molecular weight excluding hydrogens is 236 g/mol. The molecule has 1 heterocycles. The first-order chi connectivity index (χ1) is 9.06. The van der Waals surface area contributed by atoms with Crippen molar-refractivity contribution in [3.8, 4) is 0 Å². The summed E-state index contributed by atoms with van der Waals surface area (Å²) >= 11 is 0. The molecule has 0 unspecified atom stereocenters. The van der Waals surface area contributed by atoms with Gasteiger partial charge in [0.05, 0.1) is 0 Å². The number of carbonyl (C=O) groups is 1. The van der Waals surface area contributed by atoms with E-state index in [-0.39, 0.29) is 5.91 Å². The minimum absolute atomic E-state index is 0.0450. The minimum Gasteiger partial charge on any atom is -0.337 e. The molecule has 19 heavy (non-hydrogen) atoms. The van der Waals surface area contributed by atoms with Gasteiger partial charge in [-0.25, -0.2) is 0 Å². The molecule has 0 saturated heterocycles. The number of carbonyl (C=O) groups excluding carboxylic acids is 1. The number of hydrogen-bond acceptors (Lipinski definition) is 2. The Kier molecular flexibility index (Phi) is 3.95. The Labute approximate surface area is 113 Å². The van der Waals surface area contributed by atoms with Gasteiger partial charge in [0.1, 0.15) is 0 Å². The second-order valence-electron chi connectivity index (χ2n) is 4.89. The van der Waals surface area contributed by atoms with E-state index in [1.54, 1.807) is 17.3 Å². The number of rotatable bonds is 3. The van der Waals surface area contributed by atoms with Crippen LogP contribution in [0.2, 0.25) is 0 Å². The predicted octanol–water partition coefficient (Wildman–Crippen LogP) is 2.97. The maximum atomic E-state index is 12.4. The van der Waals surface area contributed by atoms with E-state index in [1.165, 1.54) is 0 Å². The number of nitrogens with zero attached hydrogens (tertiary/aromatic N) is 2. The lowest BCUT2D eigenvalue weighted by molar-refractivity contribution is 0.0785. The van der Waals surface area contributed by atoms with Gasteiger partial charge in [-0.05, 0) is 43.7 Å². The lowest BCUT2D eigenvalue weighted by atomic mass is 10.1. The van der Waals surface area contributed by atoms with E-state index in [2.05, 4.69) is 11.1 Å². The Morgan fingerprint density at radius 1 is 1.11 bits per heavy atom. The van der Waals surface area contributed by atoms with Gasteiger partial charge in [-0.2, -0.15) is 0 Å². The summed E-state index contributed by atoms with van der Waals surface area (Å²) in [7, 11) is 1.82. The van der Waals surface area contributed by atoms with Crippen LogP contribution in [0.4, 0.5) is 0 Å². The van der Waals surface area contributed by atoms with Crippen molar-refractivity contribution < 1.29 is 4.79 Å². The Balaban J connectivity index is 2.15. The summed E-state index contributed by atoms with van der Waals surface area (Å²) in [6.45, 7) is 4.60. The predicted molar refractivity (Wildman–Crippen MR) is 76.0 cm³/mol. The highest BCUT2D eigenvalue weighted by Crippen LogP contribution is 2.12. The summed E-state index contributed by atoms with van der Waals surface area (Å²) in [5, 5.41) is 0. The molecule has 0 aliphatic rings. The molecule has 0 radical (unpaired) electrons. The van der Waals surface area contributed by atoms with Gasteiger partial charge in [0.15, 0.2) is 0 Å². The van der Waals surface area contributed by atoms with Gasteiger partial charge in [0.2, 0.25) is 0 Å². The Morgan fingerprint density at radius 3 is 2.26 bits per heavy atom. The summed E-state index contributed by atoms with van der Waals surface area (Å²) in [4.78, 5) is 18.1. The lowest BCUT2D eigenvalue weighted by Crippen LogP contribution is -2.26. The van der Waals surface area contributed by atoms with E-state index >= 15 is 0 Å². The van der Waals surface area contributed by atoms with Crippen LogP contribution >= 0.6 is 0 Å². The van der Waals surface area contributed by atoms with Gasteiger partial charge in [-0.1, -0.05) is 17.2 Å². The first-order valence-corrected chi connectivity index (χ1v) is 6.29. The Bertz CT molecular complexity index is 558. The van der Waals surface area contributed by atoms with Crippen LogP contribution in [0, 0.1) is 13.8 Å². The van der Waals surface area contributed by atoms with Gasteiger partial charge >= 0.3 is 0 Å². The van der Waals surface area contributed by atoms with Crippen LogP contribution < -0.4 is 0 Å². The van der Waals surface area contributed by atoms with Crippen molar-refractivity contribution in [1.29, 1.82) is 0 Å². The third-order valence-corrected chi connectivity index (χ3v) is 2.98. The molecule has 1 amide bonds. The maximum Gasteiger partial charge on any atom is 0.253 e.